The molecule has 0 bridgehead atoms. The molecular weight excluding hydrogens is 558 g/mol. The number of hydrogen-bond acceptors (Lipinski definition) is 13. The molecule has 0 aliphatic rings. The van der Waals surface area contributed by atoms with Crippen molar-refractivity contribution in [3.05, 3.63) is 95.1 Å². The van der Waals surface area contributed by atoms with Crippen molar-refractivity contribution in [3.8, 4) is 0 Å². The van der Waals surface area contributed by atoms with Gasteiger partial charge in [-0.05, 0) is 24.3 Å². The Morgan fingerprint density at radius 1 is 0.553 bits per heavy atom. The topological polar surface area (TPSA) is 278 Å². The monoisotopic (exact) mass is 569 g/mol. The number of benzene rings is 2. The molecule has 0 fully saturated rings. The Morgan fingerprint density at radius 2 is 0.895 bits per heavy atom. The largest absolute Gasteiger partial charge is 0.366 e. The number of nitrogens with zero attached hydrogens (tertiary/aromatic N) is 5. The maximum Gasteiger partial charge on any atom is 0.366 e. The molecule has 0 saturated carbocycles. The number of hydrogen-bond donors (Lipinski definition) is 2. The van der Waals surface area contributed by atoms with Crippen molar-refractivity contribution >= 4 is 54.4 Å². The molecule has 0 unspecified atom stereocenters. The molecule has 0 aliphatic carbocycles. The van der Waals surface area contributed by atoms with Crippen molar-refractivity contribution in [2.45, 2.75) is 9.79 Å². The normalized spacial score (nSPS) is 11.4. The van der Waals surface area contributed by atoms with Gasteiger partial charge in [-0.25, -0.2) is 21.8 Å². The molecule has 2 aromatic carbocycles. The summed E-state index contributed by atoms with van der Waals surface area (Å²) >= 11 is 0. The van der Waals surface area contributed by atoms with E-state index in [9.17, 15) is 57.3 Å². The van der Waals surface area contributed by atoms with Crippen molar-refractivity contribution < 1.29 is 36.5 Å². The molecule has 3 rings (SSSR count). The predicted molar refractivity (Wildman–Crippen MR) is 125 cm³/mol. The van der Waals surface area contributed by atoms with Crippen LogP contribution in [0.2, 0.25) is 0 Å². The van der Waals surface area contributed by atoms with E-state index in [1.165, 1.54) is 0 Å². The van der Waals surface area contributed by atoms with Crippen LogP contribution >= 0.6 is 0 Å². The lowest BCUT2D eigenvalue weighted by atomic mass is 10.3. The Balaban J connectivity index is 2.01. The lowest BCUT2D eigenvalue weighted by molar-refractivity contribution is -0.424. The molecule has 38 heavy (non-hydrogen) atoms. The highest BCUT2D eigenvalue weighted by atomic mass is 32.2. The van der Waals surface area contributed by atoms with Gasteiger partial charge in [0, 0.05) is 12.1 Å². The van der Waals surface area contributed by atoms with E-state index in [-0.39, 0.29) is 0 Å². The number of aromatic nitrogens is 1. The third-order valence-electron chi connectivity index (χ3n) is 4.52. The molecule has 1 heterocycles. The van der Waals surface area contributed by atoms with Crippen molar-refractivity contribution in [2.24, 2.45) is 0 Å². The molecule has 0 amide bonds. The average molecular weight is 569 g/mol. The summed E-state index contributed by atoms with van der Waals surface area (Å²) in [4.78, 5) is 41.6. The highest BCUT2D eigenvalue weighted by molar-refractivity contribution is 7.93. The molecule has 19 nitrogen and oxygen atoms in total. The van der Waals surface area contributed by atoms with E-state index in [1.807, 2.05) is 9.44 Å². The van der Waals surface area contributed by atoms with Gasteiger partial charge in [-0.15, -0.1) is 0 Å². The molecule has 2 N–H and O–H groups in total. The maximum absolute atomic E-state index is 12.8. The second-order valence-corrected chi connectivity index (χ2v) is 10.2. The average Bonchev–Trinajstić information content (AvgIpc) is 2.82. The van der Waals surface area contributed by atoms with Crippen LogP contribution in [0, 0.1) is 40.5 Å². The molecule has 1 aromatic heterocycles. The summed E-state index contributed by atoms with van der Waals surface area (Å²) in [6, 6.07) is 7.74. The van der Waals surface area contributed by atoms with Crippen LogP contribution in [0.3, 0.4) is 0 Å². The molecule has 0 spiro atoms. The van der Waals surface area contributed by atoms with Gasteiger partial charge in [-0.1, -0.05) is 18.2 Å². The zero-order chi connectivity index (χ0) is 28.4. The lowest BCUT2D eigenvalue weighted by Gasteiger charge is -2.11. The van der Waals surface area contributed by atoms with Crippen LogP contribution in [0.4, 0.5) is 34.4 Å². The molecule has 198 valence electrons. The minimum atomic E-state index is -4.89. The molecule has 21 heteroatoms. The van der Waals surface area contributed by atoms with Gasteiger partial charge in [0.2, 0.25) is 0 Å². The first-order chi connectivity index (χ1) is 17.7. The van der Waals surface area contributed by atoms with Crippen LogP contribution < -0.4 is 9.44 Å². The first-order valence-electron chi connectivity index (χ1n) is 9.52. The number of pyridine rings is 1. The number of nitrogens with one attached hydrogen (secondary N) is 2. The molecule has 0 saturated heterocycles. The lowest BCUT2D eigenvalue weighted by Crippen LogP contribution is -2.18. The first-order valence-corrected chi connectivity index (χ1v) is 12.5. The van der Waals surface area contributed by atoms with E-state index in [0.29, 0.717) is 0 Å². The van der Waals surface area contributed by atoms with Crippen LogP contribution in [-0.2, 0) is 20.0 Å². The zero-order valence-corrected chi connectivity index (χ0v) is 19.8. The van der Waals surface area contributed by atoms with E-state index in [1.54, 1.807) is 0 Å². The van der Waals surface area contributed by atoms with Gasteiger partial charge in [0.05, 0.1) is 19.7 Å². The van der Waals surface area contributed by atoms with Crippen molar-refractivity contribution in [3.63, 3.8) is 0 Å². The van der Waals surface area contributed by atoms with Gasteiger partial charge >= 0.3 is 22.7 Å². The van der Waals surface area contributed by atoms with Crippen LogP contribution in [0.1, 0.15) is 0 Å². The number of anilines is 2. The van der Waals surface area contributed by atoms with E-state index in [4.69, 9.17) is 0 Å². The van der Waals surface area contributed by atoms with E-state index < -0.39 is 83.9 Å². The zero-order valence-electron chi connectivity index (χ0n) is 18.1. The Kier molecular flexibility index (Phi) is 7.16. The highest BCUT2D eigenvalue weighted by Gasteiger charge is 2.36. The van der Waals surface area contributed by atoms with Crippen LogP contribution in [0.5, 0.6) is 0 Å². The van der Waals surface area contributed by atoms with Crippen LogP contribution in [0.25, 0.3) is 0 Å². The molecule has 0 atom stereocenters. The van der Waals surface area contributed by atoms with Crippen LogP contribution in [-0.4, -0.2) is 41.5 Å². The van der Waals surface area contributed by atoms with Gasteiger partial charge < -0.3 is 0 Å². The Hall–Kier alpha value is -5.31. The summed E-state index contributed by atoms with van der Waals surface area (Å²) in [7, 11) is -9.78. The number of rotatable bonds is 10. The van der Waals surface area contributed by atoms with Crippen molar-refractivity contribution in [2.75, 3.05) is 9.44 Å². The van der Waals surface area contributed by atoms with Crippen molar-refractivity contribution in [1.82, 2.24) is 4.98 Å². The van der Waals surface area contributed by atoms with E-state index in [2.05, 4.69) is 4.98 Å². The van der Waals surface area contributed by atoms with Crippen LogP contribution in [0.15, 0.2) is 64.4 Å². The number of nitro groups is 4. The number of nitro benzene ring substituents is 4. The van der Waals surface area contributed by atoms with Gasteiger partial charge in [0.1, 0.15) is 11.6 Å². The van der Waals surface area contributed by atoms with Gasteiger partial charge in [0.25, 0.3) is 20.0 Å². The second kappa shape index (κ2) is 9.98. The molecular formula is C17H11N7O12S2. The molecule has 3 aromatic rings. The van der Waals surface area contributed by atoms with Gasteiger partial charge in [0.15, 0.2) is 9.79 Å². The Labute approximate surface area is 210 Å². The third-order valence-corrected chi connectivity index (χ3v) is 7.29. The number of para-hydroxylation sites is 2. The standard InChI is InChI=1S/C17H11N7O12S2/c25-21(26)10-4-1-6-12(16(10)23(29)30)37(33,34)19-14-8-3-9-15(18-14)20-38(35,36)13-7-2-5-11(22(27)28)17(13)24(31)32/h1-9H,(H2,18,19,20). The quantitative estimate of drug-likeness (QED) is 0.262. The second-order valence-electron chi connectivity index (χ2n) is 6.90. The minimum absolute atomic E-state index is 0.612. The number of sulfonamides is 2. The third kappa shape index (κ3) is 5.41. The first kappa shape index (κ1) is 27.3. The fraction of sp³-hybridized carbons (Fsp3) is 0. The predicted octanol–water partition coefficient (Wildman–Crippen LogP) is 2.32. The summed E-state index contributed by atoms with van der Waals surface area (Å²) in [5.74, 6) is -1.22. The van der Waals surface area contributed by atoms with Gasteiger partial charge in [-0.3, -0.25) is 49.9 Å². The van der Waals surface area contributed by atoms with E-state index in [0.717, 1.165) is 54.6 Å². The summed E-state index contributed by atoms with van der Waals surface area (Å²) in [5.41, 5.74) is -4.88. The van der Waals surface area contributed by atoms with Gasteiger partial charge in [-0.2, -0.15) is 0 Å². The Morgan fingerprint density at radius 3 is 1.21 bits per heavy atom. The molecule has 0 radical (unpaired) electrons. The summed E-state index contributed by atoms with van der Waals surface area (Å²) in [5, 5.41) is 44.9. The van der Waals surface area contributed by atoms with E-state index >= 15 is 0 Å². The smallest absolute Gasteiger partial charge is 0.263 e. The maximum atomic E-state index is 12.8. The highest BCUT2D eigenvalue weighted by Crippen LogP contribution is 2.35. The fourth-order valence-corrected chi connectivity index (χ4v) is 5.43. The summed E-state index contributed by atoms with van der Waals surface area (Å²) in [6.45, 7) is 0. The fourth-order valence-electron chi connectivity index (χ4n) is 3.05. The summed E-state index contributed by atoms with van der Waals surface area (Å²) < 4.78 is 54.8. The minimum Gasteiger partial charge on any atom is -0.263 e. The molecule has 0 aliphatic heterocycles. The summed E-state index contributed by atoms with van der Waals surface area (Å²) in [6.07, 6.45) is 0. The SMILES string of the molecule is O=[N+]([O-])c1cccc(S(=O)(=O)Nc2cccc(NS(=O)(=O)c3cccc([N+](=O)[O-])c3[N+](=O)[O-])n2)c1[N+](=O)[O-]. The van der Waals surface area contributed by atoms with Crippen molar-refractivity contribution in [1.29, 1.82) is 0 Å². The Bertz CT molecular complexity index is 1600.